The molecule has 2 amide bonds. The highest BCUT2D eigenvalue weighted by molar-refractivity contribution is 5.89. The largest absolute Gasteiger partial charge is 0.399 e. The van der Waals surface area contributed by atoms with E-state index in [1.165, 1.54) is 0 Å². The van der Waals surface area contributed by atoms with Gasteiger partial charge in [0.05, 0.1) is 0 Å². The first kappa shape index (κ1) is 14.9. The van der Waals surface area contributed by atoms with E-state index in [9.17, 15) is 4.79 Å². The van der Waals surface area contributed by atoms with Crippen molar-refractivity contribution >= 4 is 17.4 Å². The average Bonchev–Trinajstić information content (AvgIpc) is 2.46. The lowest BCUT2D eigenvalue weighted by Crippen LogP contribution is -2.34. The Morgan fingerprint density at radius 3 is 2.52 bits per heavy atom. The number of nitrogen functional groups attached to an aromatic ring is 1. The molecule has 0 bridgehead atoms. The maximum absolute atomic E-state index is 12.3. The maximum Gasteiger partial charge on any atom is 0.322 e. The first-order valence-corrected chi connectivity index (χ1v) is 7.05. The second kappa shape index (κ2) is 6.79. The minimum absolute atomic E-state index is 0.0973. The zero-order chi connectivity index (χ0) is 15.2. The average molecular weight is 283 g/mol. The molecule has 0 saturated heterocycles. The number of hydrogen-bond donors (Lipinski definition) is 2. The normalized spacial score (nSPS) is 10.2. The third-order valence-electron chi connectivity index (χ3n) is 3.29. The Morgan fingerprint density at radius 2 is 1.90 bits per heavy atom. The topological polar surface area (TPSA) is 58.4 Å². The summed E-state index contributed by atoms with van der Waals surface area (Å²) < 4.78 is 0. The Balaban J connectivity index is 2.03. The highest BCUT2D eigenvalue weighted by Gasteiger charge is 2.12. The summed E-state index contributed by atoms with van der Waals surface area (Å²) in [5.41, 5.74) is 9.40. The predicted octanol–water partition coefficient (Wildman–Crippen LogP) is 3.63. The van der Waals surface area contributed by atoms with E-state index in [1.54, 1.807) is 4.90 Å². The van der Waals surface area contributed by atoms with Crippen molar-refractivity contribution in [2.45, 2.75) is 20.4 Å². The van der Waals surface area contributed by atoms with Gasteiger partial charge in [-0.3, -0.25) is 0 Å². The van der Waals surface area contributed by atoms with Crippen molar-refractivity contribution in [3.63, 3.8) is 0 Å². The number of carbonyl (C=O) groups excluding carboxylic acids is 1. The van der Waals surface area contributed by atoms with Crippen LogP contribution >= 0.6 is 0 Å². The molecule has 0 fully saturated rings. The van der Waals surface area contributed by atoms with Crippen LogP contribution in [-0.4, -0.2) is 17.5 Å². The number of nitrogens with one attached hydrogen (secondary N) is 1. The Hall–Kier alpha value is -2.49. The number of urea groups is 1. The summed E-state index contributed by atoms with van der Waals surface area (Å²) in [6, 6.07) is 15.3. The molecule has 0 aromatic heterocycles. The number of hydrogen-bond acceptors (Lipinski definition) is 2. The molecule has 0 aliphatic carbocycles. The number of anilines is 2. The summed E-state index contributed by atoms with van der Waals surface area (Å²) >= 11 is 0. The second-order valence-corrected chi connectivity index (χ2v) is 5.06. The van der Waals surface area contributed by atoms with E-state index in [-0.39, 0.29) is 6.03 Å². The number of nitrogens with zero attached hydrogens (tertiary/aromatic N) is 1. The molecule has 2 rings (SSSR count). The smallest absolute Gasteiger partial charge is 0.322 e. The molecule has 0 unspecified atom stereocenters. The molecule has 4 nitrogen and oxygen atoms in total. The van der Waals surface area contributed by atoms with Crippen LogP contribution in [0.2, 0.25) is 0 Å². The van der Waals surface area contributed by atoms with Crippen LogP contribution in [0.4, 0.5) is 16.2 Å². The summed E-state index contributed by atoms with van der Waals surface area (Å²) in [5, 5.41) is 2.93. The first-order valence-electron chi connectivity index (χ1n) is 7.05. The fraction of sp³-hybridized carbons (Fsp3) is 0.235. The summed E-state index contributed by atoms with van der Waals surface area (Å²) in [6.07, 6.45) is 0. The van der Waals surface area contributed by atoms with E-state index in [4.69, 9.17) is 5.73 Å². The molecular weight excluding hydrogens is 262 g/mol. The van der Waals surface area contributed by atoms with Gasteiger partial charge in [0.25, 0.3) is 0 Å². The fourth-order valence-electron chi connectivity index (χ4n) is 2.10. The van der Waals surface area contributed by atoms with E-state index >= 15 is 0 Å². The minimum Gasteiger partial charge on any atom is -0.399 e. The number of nitrogens with two attached hydrogens (primary N) is 1. The molecule has 2 aromatic rings. The Kier molecular flexibility index (Phi) is 4.82. The van der Waals surface area contributed by atoms with E-state index in [1.807, 2.05) is 62.4 Å². The third kappa shape index (κ3) is 4.24. The van der Waals surface area contributed by atoms with Crippen molar-refractivity contribution in [3.8, 4) is 0 Å². The summed E-state index contributed by atoms with van der Waals surface area (Å²) in [5.74, 6) is 0. The van der Waals surface area contributed by atoms with Crippen LogP contribution in [-0.2, 0) is 6.54 Å². The lowest BCUT2D eigenvalue weighted by Gasteiger charge is -2.21. The van der Waals surface area contributed by atoms with Gasteiger partial charge in [-0.2, -0.15) is 0 Å². The fourth-order valence-corrected chi connectivity index (χ4v) is 2.10. The van der Waals surface area contributed by atoms with Crippen LogP contribution in [0.15, 0.2) is 48.5 Å². The Morgan fingerprint density at radius 1 is 1.19 bits per heavy atom. The van der Waals surface area contributed by atoms with Crippen LogP contribution in [0.25, 0.3) is 0 Å². The van der Waals surface area contributed by atoms with Crippen molar-refractivity contribution in [3.05, 3.63) is 59.7 Å². The number of aryl methyl sites for hydroxylation is 1. The van der Waals surface area contributed by atoms with E-state index in [2.05, 4.69) is 5.32 Å². The molecule has 0 spiro atoms. The summed E-state index contributed by atoms with van der Waals surface area (Å²) in [6.45, 7) is 5.17. The molecular formula is C17H21N3O. The van der Waals surface area contributed by atoms with Gasteiger partial charge in [-0.1, -0.05) is 24.3 Å². The SMILES string of the molecule is CCN(Cc1ccc(N)cc1)C(=O)Nc1cccc(C)c1. The third-order valence-corrected chi connectivity index (χ3v) is 3.29. The van der Waals surface area contributed by atoms with E-state index < -0.39 is 0 Å². The Bertz CT molecular complexity index is 608. The van der Waals surface area contributed by atoms with Crippen molar-refractivity contribution in [1.29, 1.82) is 0 Å². The van der Waals surface area contributed by atoms with Gasteiger partial charge in [-0.25, -0.2) is 4.79 Å². The van der Waals surface area contributed by atoms with Gasteiger partial charge in [-0.05, 0) is 49.2 Å². The molecule has 110 valence electrons. The standard InChI is InChI=1S/C17H21N3O/c1-3-20(12-14-7-9-15(18)10-8-14)17(21)19-16-6-4-5-13(2)11-16/h4-11H,3,12,18H2,1-2H3,(H,19,21). The lowest BCUT2D eigenvalue weighted by atomic mass is 10.2. The summed E-state index contributed by atoms with van der Waals surface area (Å²) in [4.78, 5) is 14.1. The number of carbonyl (C=O) groups is 1. The minimum atomic E-state index is -0.0973. The van der Waals surface area contributed by atoms with E-state index in [0.29, 0.717) is 13.1 Å². The molecule has 0 radical (unpaired) electrons. The van der Waals surface area contributed by atoms with E-state index in [0.717, 1.165) is 22.5 Å². The van der Waals surface area contributed by atoms with Crippen LogP contribution in [0.3, 0.4) is 0 Å². The molecule has 4 heteroatoms. The van der Waals surface area contributed by atoms with Gasteiger partial charge >= 0.3 is 6.03 Å². The van der Waals surface area contributed by atoms with Crippen LogP contribution in [0.5, 0.6) is 0 Å². The van der Waals surface area contributed by atoms with Gasteiger partial charge in [0.1, 0.15) is 0 Å². The molecule has 0 saturated carbocycles. The lowest BCUT2D eigenvalue weighted by molar-refractivity contribution is 0.212. The van der Waals surface area contributed by atoms with Gasteiger partial charge in [0, 0.05) is 24.5 Å². The van der Waals surface area contributed by atoms with Crippen LogP contribution < -0.4 is 11.1 Å². The monoisotopic (exact) mass is 283 g/mol. The van der Waals surface area contributed by atoms with Crippen LogP contribution in [0.1, 0.15) is 18.1 Å². The molecule has 0 aliphatic rings. The highest BCUT2D eigenvalue weighted by Crippen LogP contribution is 2.13. The van der Waals surface area contributed by atoms with Gasteiger partial charge < -0.3 is 16.0 Å². The zero-order valence-electron chi connectivity index (χ0n) is 12.5. The van der Waals surface area contributed by atoms with Gasteiger partial charge in [-0.15, -0.1) is 0 Å². The Labute approximate surface area is 125 Å². The van der Waals surface area contributed by atoms with Crippen molar-refractivity contribution in [1.82, 2.24) is 4.90 Å². The molecule has 2 aromatic carbocycles. The maximum atomic E-state index is 12.3. The molecule has 0 aliphatic heterocycles. The highest BCUT2D eigenvalue weighted by atomic mass is 16.2. The second-order valence-electron chi connectivity index (χ2n) is 5.06. The predicted molar refractivity (Wildman–Crippen MR) is 87.1 cm³/mol. The van der Waals surface area contributed by atoms with Crippen molar-refractivity contribution in [2.75, 3.05) is 17.6 Å². The van der Waals surface area contributed by atoms with Crippen molar-refractivity contribution < 1.29 is 4.79 Å². The quantitative estimate of drug-likeness (QED) is 0.842. The summed E-state index contributed by atoms with van der Waals surface area (Å²) in [7, 11) is 0. The number of rotatable bonds is 4. The number of amides is 2. The van der Waals surface area contributed by atoms with Crippen molar-refractivity contribution in [2.24, 2.45) is 0 Å². The van der Waals surface area contributed by atoms with Gasteiger partial charge in [0.2, 0.25) is 0 Å². The molecule has 0 atom stereocenters. The first-order chi connectivity index (χ1) is 10.1. The zero-order valence-corrected chi connectivity index (χ0v) is 12.5. The van der Waals surface area contributed by atoms with Gasteiger partial charge in [0.15, 0.2) is 0 Å². The molecule has 21 heavy (non-hydrogen) atoms. The van der Waals surface area contributed by atoms with Crippen LogP contribution in [0, 0.1) is 6.92 Å². The number of benzene rings is 2. The molecule has 0 heterocycles. The molecule has 3 N–H and O–H groups in total.